The summed E-state index contributed by atoms with van der Waals surface area (Å²) in [4.78, 5) is 11.7. The minimum absolute atomic E-state index is 0.201. The number of hydrogen-bond acceptors (Lipinski definition) is 2. The van der Waals surface area contributed by atoms with Crippen LogP contribution in [0.1, 0.15) is 30.9 Å². The Morgan fingerprint density at radius 3 is 2.94 bits per heavy atom. The Morgan fingerprint density at radius 1 is 1.47 bits per heavy atom. The summed E-state index contributed by atoms with van der Waals surface area (Å²) >= 11 is 0. The van der Waals surface area contributed by atoms with Crippen LogP contribution in [-0.2, 0) is 17.6 Å². The molecule has 1 aliphatic carbocycles. The second kappa shape index (κ2) is 5.01. The fraction of sp³-hybridized carbons (Fsp3) is 0.429. The van der Waals surface area contributed by atoms with Crippen molar-refractivity contribution in [3.05, 3.63) is 29.3 Å². The van der Waals surface area contributed by atoms with Gasteiger partial charge in [-0.1, -0.05) is 13.0 Å². The number of fused-ring (bicyclic) bond motifs is 1. The van der Waals surface area contributed by atoms with Gasteiger partial charge in [-0.15, -0.1) is 0 Å². The molecule has 17 heavy (non-hydrogen) atoms. The van der Waals surface area contributed by atoms with Crippen LogP contribution in [0.2, 0.25) is 0 Å². The van der Waals surface area contributed by atoms with Gasteiger partial charge in [0.15, 0.2) is 0 Å². The normalized spacial score (nSPS) is 14.8. The number of nitrogens with zero attached hydrogens (tertiary/aromatic N) is 1. The zero-order chi connectivity index (χ0) is 12.3. The molecule has 1 amide bonds. The van der Waals surface area contributed by atoms with E-state index in [0.29, 0.717) is 6.42 Å². The first-order valence-electron chi connectivity index (χ1n) is 6.07. The van der Waals surface area contributed by atoms with E-state index in [9.17, 15) is 4.79 Å². The maximum Gasteiger partial charge on any atom is 0.241 e. The summed E-state index contributed by atoms with van der Waals surface area (Å²) in [6, 6.07) is 8.04. The van der Waals surface area contributed by atoms with Crippen LogP contribution in [0.3, 0.4) is 0 Å². The van der Waals surface area contributed by atoms with Crippen molar-refractivity contribution in [2.45, 2.75) is 32.6 Å². The first-order chi connectivity index (χ1) is 8.24. The van der Waals surface area contributed by atoms with Gasteiger partial charge in [0.05, 0.1) is 6.07 Å². The van der Waals surface area contributed by atoms with E-state index < -0.39 is 5.92 Å². The lowest BCUT2D eigenvalue weighted by atomic mass is 10.1. The van der Waals surface area contributed by atoms with Gasteiger partial charge in [-0.25, -0.2) is 0 Å². The standard InChI is InChI=1S/C14H16N2O/c1-2-10(9-15)14(17)16-13-7-6-11-4-3-5-12(11)8-13/h6-8,10H,2-5H2,1H3,(H,16,17). The summed E-state index contributed by atoms with van der Waals surface area (Å²) in [5, 5.41) is 11.6. The van der Waals surface area contributed by atoms with Crippen molar-refractivity contribution in [2.75, 3.05) is 5.32 Å². The third-order valence-corrected chi connectivity index (χ3v) is 3.25. The van der Waals surface area contributed by atoms with Crippen LogP contribution < -0.4 is 5.32 Å². The molecule has 1 unspecified atom stereocenters. The Kier molecular flexibility index (Phi) is 3.43. The van der Waals surface area contributed by atoms with E-state index in [1.54, 1.807) is 0 Å². The van der Waals surface area contributed by atoms with Crippen LogP contribution in [-0.4, -0.2) is 5.91 Å². The van der Waals surface area contributed by atoms with E-state index >= 15 is 0 Å². The molecule has 1 aromatic carbocycles. The molecule has 1 atom stereocenters. The lowest BCUT2D eigenvalue weighted by Gasteiger charge is -2.09. The number of carbonyl (C=O) groups is 1. The monoisotopic (exact) mass is 228 g/mol. The van der Waals surface area contributed by atoms with Crippen molar-refractivity contribution in [1.29, 1.82) is 5.26 Å². The topological polar surface area (TPSA) is 52.9 Å². The molecular formula is C14H16N2O. The van der Waals surface area contributed by atoms with Gasteiger partial charge < -0.3 is 5.32 Å². The van der Waals surface area contributed by atoms with Crippen LogP contribution in [0.15, 0.2) is 18.2 Å². The van der Waals surface area contributed by atoms with Crippen molar-refractivity contribution >= 4 is 11.6 Å². The second-order valence-electron chi connectivity index (χ2n) is 4.42. The number of carbonyl (C=O) groups excluding carboxylic acids is 1. The molecule has 0 fully saturated rings. The number of rotatable bonds is 3. The lowest BCUT2D eigenvalue weighted by Crippen LogP contribution is -2.20. The Labute approximate surface area is 101 Å². The number of nitrogens with one attached hydrogen (secondary N) is 1. The van der Waals surface area contributed by atoms with Gasteiger partial charge in [0, 0.05) is 5.69 Å². The molecule has 0 radical (unpaired) electrons. The van der Waals surface area contributed by atoms with Gasteiger partial charge in [-0.3, -0.25) is 4.79 Å². The first-order valence-corrected chi connectivity index (χ1v) is 6.07. The maximum atomic E-state index is 11.7. The summed E-state index contributed by atoms with van der Waals surface area (Å²) < 4.78 is 0. The highest BCUT2D eigenvalue weighted by molar-refractivity contribution is 5.94. The van der Waals surface area contributed by atoms with Gasteiger partial charge in [-0.05, 0) is 48.9 Å². The fourth-order valence-electron chi connectivity index (χ4n) is 2.21. The third-order valence-electron chi connectivity index (χ3n) is 3.25. The van der Waals surface area contributed by atoms with Crippen LogP contribution in [0, 0.1) is 17.2 Å². The zero-order valence-electron chi connectivity index (χ0n) is 9.99. The van der Waals surface area contributed by atoms with Crippen LogP contribution in [0.4, 0.5) is 5.69 Å². The van der Waals surface area contributed by atoms with Crippen LogP contribution in [0.25, 0.3) is 0 Å². The third kappa shape index (κ3) is 2.47. The summed E-state index contributed by atoms with van der Waals surface area (Å²) in [6.07, 6.45) is 3.98. The predicted molar refractivity (Wildman–Crippen MR) is 66.5 cm³/mol. The minimum Gasteiger partial charge on any atom is -0.325 e. The molecule has 0 heterocycles. The number of amides is 1. The van der Waals surface area contributed by atoms with Gasteiger partial charge in [0.1, 0.15) is 5.92 Å². The van der Waals surface area contributed by atoms with Crippen molar-refractivity contribution in [2.24, 2.45) is 5.92 Å². The van der Waals surface area contributed by atoms with E-state index in [1.165, 1.54) is 17.5 Å². The summed E-state index contributed by atoms with van der Waals surface area (Å²) in [5.41, 5.74) is 3.52. The SMILES string of the molecule is CCC(C#N)C(=O)Nc1ccc2c(c1)CCC2. The predicted octanol–water partition coefficient (Wildman–Crippen LogP) is 2.66. The molecule has 1 aliphatic rings. The van der Waals surface area contributed by atoms with E-state index in [1.807, 2.05) is 25.1 Å². The average molecular weight is 228 g/mol. The second-order valence-corrected chi connectivity index (χ2v) is 4.42. The molecule has 0 spiro atoms. The van der Waals surface area contributed by atoms with Crippen molar-refractivity contribution in [3.8, 4) is 6.07 Å². The molecule has 2 rings (SSSR count). The summed E-state index contributed by atoms with van der Waals surface area (Å²) in [5.74, 6) is -0.754. The molecule has 88 valence electrons. The Bertz CT molecular complexity index is 474. The van der Waals surface area contributed by atoms with Crippen molar-refractivity contribution < 1.29 is 4.79 Å². The first kappa shape index (κ1) is 11.7. The van der Waals surface area contributed by atoms with E-state index in [0.717, 1.165) is 18.5 Å². The number of anilines is 1. The molecule has 1 N–H and O–H groups in total. The lowest BCUT2D eigenvalue weighted by molar-refractivity contribution is -0.118. The van der Waals surface area contributed by atoms with E-state index in [4.69, 9.17) is 5.26 Å². The molecule has 0 saturated heterocycles. The van der Waals surface area contributed by atoms with Crippen molar-refractivity contribution in [3.63, 3.8) is 0 Å². The van der Waals surface area contributed by atoms with E-state index in [2.05, 4.69) is 11.4 Å². The number of nitriles is 1. The molecule has 3 heteroatoms. The molecule has 0 saturated carbocycles. The smallest absolute Gasteiger partial charge is 0.241 e. The minimum atomic E-state index is -0.553. The molecule has 1 aromatic rings. The average Bonchev–Trinajstić information content (AvgIpc) is 2.77. The largest absolute Gasteiger partial charge is 0.325 e. The molecular weight excluding hydrogens is 212 g/mol. The highest BCUT2D eigenvalue weighted by atomic mass is 16.1. The highest BCUT2D eigenvalue weighted by Crippen LogP contribution is 2.25. The Hall–Kier alpha value is -1.82. The van der Waals surface area contributed by atoms with Crippen LogP contribution in [0.5, 0.6) is 0 Å². The Morgan fingerprint density at radius 2 is 2.24 bits per heavy atom. The summed E-state index contributed by atoms with van der Waals surface area (Å²) in [6.45, 7) is 1.84. The molecule has 0 aromatic heterocycles. The molecule has 3 nitrogen and oxygen atoms in total. The zero-order valence-corrected chi connectivity index (χ0v) is 9.99. The highest BCUT2D eigenvalue weighted by Gasteiger charge is 2.16. The van der Waals surface area contributed by atoms with Gasteiger partial charge in [0.25, 0.3) is 0 Å². The number of aryl methyl sites for hydroxylation is 2. The van der Waals surface area contributed by atoms with Gasteiger partial charge in [0.2, 0.25) is 5.91 Å². The number of hydrogen-bond donors (Lipinski definition) is 1. The summed E-state index contributed by atoms with van der Waals surface area (Å²) in [7, 11) is 0. The quantitative estimate of drug-likeness (QED) is 0.864. The Balaban J connectivity index is 2.09. The van der Waals surface area contributed by atoms with Crippen molar-refractivity contribution in [1.82, 2.24) is 0 Å². The maximum absolute atomic E-state index is 11.7. The number of benzene rings is 1. The van der Waals surface area contributed by atoms with Gasteiger partial charge >= 0.3 is 0 Å². The van der Waals surface area contributed by atoms with E-state index in [-0.39, 0.29) is 5.91 Å². The molecule has 0 bridgehead atoms. The molecule has 0 aliphatic heterocycles. The fourth-order valence-corrected chi connectivity index (χ4v) is 2.21. The van der Waals surface area contributed by atoms with Gasteiger partial charge in [-0.2, -0.15) is 5.26 Å². The van der Waals surface area contributed by atoms with Crippen LogP contribution >= 0.6 is 0 Å².